The summed E-state index contributed by atoms with van der Waals surface area (Å²) in [6.45, 7) is 2.65. The van der Waals surface area contributed by atoms with Crippen LogP contribution in [0.2, 0.25) is 0 Å². The van der Waals surface area contributed by atoms with Crippen molar-refractivity contribution in [3.63, 3.8) is 0 Å². The van der Waals surface area contributed by atoms with Crippen molar-refractivity contribution in [1.82, 2.24) is 9.44 Å². The Morgan fingerprint density at radius 1 is 1.50 bits per heavy atom. The highest BCUT2D eigenvalue weighted by molar-refractivity contribution is 7.92. The van der Waals surface area contributed by atoms with Gasteiger partial charge in [-0.1, -0.05) is 18.4 Å². The summed E-state index contributed by atoms with van der Waals surface area (Å²) in [5.74, 6) is 2.10. The molecule has 26 heavy (non-hydrogen) atoms. The highest BCUT2D eigenvalue weighted by Gasteiger charge is 2.37. The number of rotatable bonds is 4. The molecule has 9 nitrogen and oxygen atoms in total. The number of nitrogens with one attached hydrogen (secondary N) is 2. The zero-order valence-corrected chi connectivity index (χ0v) is 15.0. The predicted octanol–water partition coefficient (Wildman–Crippen LogP) is -0.831. The first-order valence-corrected chi connectivity index (χ1v) is 10.2. The molecule has 0 bridgehead atoms. The fourth-order valence-electron chi connectivity index (χ4n) is 1.95. The second kappa shape index (κ2) is 6.94. The molecular formula is C14H14FN3O6S2. The van der Waals surface area contributed by atoms with E-state index in [9.17, 15) is 31.1 Å². The van der Waals surface area contributed by atoms with Crippen LogP contribution in [0.1, 0.15) is 5.56 Å². The molecule has 1 amide bonds. The van der Waals surface area contributed by atoms with Gasteiger partial charge in [0.05, 0.1) is 11.8 Å². The third-order valence-corrected chi connectivity index (χ3v) is 5.13. The van der Waals surface area contributed by atoms with Crippen molar-refractivity contribution in [3.8, 4) is 17.6 Å². The summed E-state index contributed by atoms with van der Waals surface area (Å²) in [7, 11) is -7.77. The van der Waals surface area contributed by atoms with Crippen molar-refractivity contribution in [2.75, 3.05) is 23.7 Å². The van der Waals surface area contributed by atoms with Gasteiger partial charge in [0, 0.05) is 12.1 Å². The summed E-state index contributed by atoms with van der Waals surface area (Å²) >= 11 is 0. The van der Waals surface area contributed by atoms with Gasteiger partial charge < -0.3 is 5.11 Å². The summed E-state index contributed by atoms with van der Waals surface area (Å²) in [4.78, 5) is 11.3. The van der Waals surface area contributed by atoms with E-state index in [2.05, 4.69) is 23.1 Å². The Labute approximate surface area is 149 Å². The lowest BCUT2D eigenvalue weighted by atomic mass is 10.1. The number of halogens is 1. The second-order valence-corrected chi connectivity index (χ2v) is 8.71. The summed E-state index contributed by atoms with van der Waals surface area (Å²) in [6.07, 6.45) is 0.950. The van der Waals surface area contributed by atoms with Gasteiger partial charge in [0.25, 0.3) is 5.91 Å². The van der Waals surface area contributed by atoms with Gasteiger partial charge >= 0.3 is 10.2 Å². The molecule has 1 aromatic carbocycles. The molecule has 1 aliphatic rings. The predicted molar refractivity (Wildman–Crippen MR) is 91.3 cm³/mol. The molecule has 1 aliphatic heterocycles. The first-order chi connectivity index (χ1) is 11.9. The number of hydrogen-bond donors (Lipinski definition) is 3. The minimum Gasteiger partial charge on any atom is -0.506 e. The van der Waals surface area contributed by atoms with Gasteiger partial charge in [-0.2, -0.15) is 8.42 Å². The number of phenolic OH excluding ortho intramolecular Hbond substituents is 1. The largest absolute Gasteiger partial charge is 0.506 e. The minimum absolute atomic E-state index is 0.134. The molecule has 0 spiro atoms. The van der Waals surface area contributed by atoms with Crippen LogP contribution in [0, 0.1) is 17.7 Å². The lowest BCUT2D eigenvalue weighted by Crippen LogP contribution is -2.30. The van der Waals surface area contributed by atoms with Crippen molar-refractivity contribution in [3.05, 3.63) is 35.7 Å². The van der Waals surface area contributed by atoms with E-state index >= 15 is 0 Å². The number of nitrogens with zero attached hydrogens (tertiary/aromatic N) is 1. The Morgan fingerprint density at radius 2 is 2.15 bits per heavy atom. The average Bonchev–Trinajstić information content (AvgIpc) is 2.76. The Bertz CT molecular complexity index is 1050. The molecule has 3 N–H and O–H groups in total. The van der Waals surface area contributed by atoms with Crippen LogP contribution < -0.4 is 13.7 Å². The Kier molecular flexibility index (Phi) is 5.26. The van der Waals surface area contributed by atoms with Crippen molar-refractivity contribution in [2.45, 2.75) is 0 Å². The zero-order chi connectivity index (χ0) is 19.7. The van der Waals surface area contributed by atoms with Crippen LogP contribution in [-0.4, -0.2) is 47.2 Å². The van der Waals surface area contributed by atoms with Crippen molar-refractivity contribution < 1.29 is 31.1 Å². The molecule has 0 aromatic heterocycles. The number of benzene rings is 1. The smallest absolute Gasteiger partial charge is 0.326 e. The van der Waals surface area contributed by atoms with Crippen LogP contribution in [0.25, 0.3) is 0 Å². The molecule has 0 atom stereocenters. The average molecular weight is 403 g/mol. The molecular weight excluding hydrogens is 389 g/mol. The molecule has 0 unspecified atom stereocenters. The maximum atomic E-state index is 14.6. The number of carbonyl (C=O) groups excluding carboxylic acids is 1. The Hall–Kier alpha value is -2.62. The van der Waals surface area contributed by atoms with E-state index in [-0.39, 0.29) is 17.7 Å². The Balaban J connectivity index is 2.36. The summed E-state index contributed by atoms with van der Waals surface area (Å²) in [5, 5.41) is 9.82. The third kappa shape index (κ3) is 4.51. The van der Waals surface area contributed by atoms with E-state index in [4.69, 9.17) is 0 Å². The molecule has 1 fully saturated rings. The minimum atomic E-state index is -4.32. The molecule has 2 rings (SSSR count). The van der Waals surface area contributed by atoms with Crippen molar-refractivity contribution in [1.29, 1.82) is 0 Å². The van der Waals surface area contributed by atoms with Gasteiger partial charge in [-0.3, -0.25) is 4.79 Å². The third-order valence-electron chi connectivity index (χ3n) is 3.09. The molecule has 0 saturated carbocycles. The summed E-state index contributed by atoms with van der Waals surface area (Å²) in [6, 6.07) is 2.13. The quantitative estimate of drug-likeness (QED) is 0.562. The number of phenols is 1. The van der Waals surface area contributed by atoms with E-state index in [1.807, 2.05) is 0 Å². The van der Waals surface area contributed by atoms with Crippen LogP contribution >= 0.6 is 0 Å². The maximum Gasteiger partial charge on any atom is 0.326 e. The highest BCUT2D eigenvalue weighted by Crippen LogP contribution is 2.34. The van der Waals surface area contributed by atoms with Gasteiger partial charge in [0.15, 0.2) is 5.82 Å². The van der Waals surface area contributed by atoms with Gasteiger partial charge in [-0.15, -0.1) is 0 Å². The standard InChI is InChI=1S/C14H14FN3O6S2/c1-9(7-16-25(2,21)22)3-4-10-5-6-11(19)14(13(10)15)18-8-12(20)17-26(18,23)24/h5-6,16,19H,1,7-8H2,2H3,(H,17,20). The molecule has 1 aromatic rings. The maximum absolute atomic E-state index is 14.6. The molecule has 12 heteroatoms. The number of aromatic hydroxyl groups is 1. The molecule has 0 radical (unpaired) electrons. The van der Waals surface area contributed by atoms with Crippen molar-refractivity contribution in [2.24, 2.45) is 0 Å². The van der Waals surface area contributed by atoms with Gasteiger partial charge in [0.2, 0.25) is 10.0 Å². The normalized spacial score (nSPS) is 15.9. The van der Waals surface area contributed by atoms with E-state index in [1.165, 1.54) is 0 Å². The number of carbonyl (C=O) groups is 1. The fourth-order valence-corrected chi connectivity index (χ4v) is 3.55. The van der Waals surface area contributed by atoms with Crippen molar-refractivity contribution >= 4 is 31.8 Å². The van der Waals surface area contributed by atoms with Gasteiger partial charge in [-0.05, 0) is 12.1 Å². The fraction of sp³-hybridized carbons (Fsp3) is 0.214. The van der Waals surface area contributed by atoms with E-state index < -0.39 is 49.9 Å². The van der Waals surface area contributed by atoms with Gasteiger partial charge in [0.1, 0.15) is 18.0 Å². The topological polar surface area (TPSA) is 133 Å². The van der Waals surface area contributed by atoms with E-state index in [0.717, 1.165) is 18.4 Å². The van der Waals surface area contributed by atoms with Crippen LogP contribution in [0.4, 0.5) is 10.1 Å². The van der Waals surface area contributed by atoms with Crippen LogP contribution in [0.15, 0.2) is 24.3 Å². The van der Waals surface area contributed by atoms with Gasteiger partial charge in [-0.25, -0.2) is 26.6 Å². The van der Waals surface area contributed by atoms with E-state index in [1.54, 1.807) is 4.72 Å². The number of anilines is 1. The highest BCUT2D eigenvalue weighted by atomic mass is 32.2. The lowest BCUT2D eigenvalue weighted by molar-refractivity contribution is -0.117. The monoisotopic (exact) mass is 403 g/mol. The van der Waals surface area contributed by atoms with Crippen LogP contribution in [0.3, 0.4) is 0 Å². The number of amides is 1. The molecule has 140 valence electrons. The number of sulfonamides is 1. The van der Waals surface area contributed by atoms with E-state index in [0.29, 0.717) is 4.31 Å². The SMILES string of the molecule is C=C(C#Cc1ccc(O)c(N2CC(=O)NS2(=O)=O)c1F)CNS(C)(=O)=O. The first-order valence-electron chi connectivity index (χ1n) is 6.90. The van der Waals surface area contributed by atoms with Crippen LogP contribution in [-0.2, 0) is 25.0 Å². The molecule has 1 saturated heterocycles. The zero-order valence-electron chi connectivity index (χ0n) is 13.4. The molecule has 1 heterocycles. The second-order valence-electron chi connectivity index (χ2n) is 5.28. The molecule has 0 aliphatic carbocycles. The number of hydrogen-bond acceptors (Lipinski definition) is 6. The summed E-state index contributed by atoms with van der Waals surface area (Å²) < 4.78 is 64.5. The first kappa shape index (κ1) is 19.7. The Morgan fingerprint density at radius 3 is 2.69 bits per heavy atom. The van der Waals surface area contributed by atoms with Crippen LogP contribution in [0.5, 0.6) is 5.75 Å². The summed E-state index contributed by atoms with van der Waals surface area (Å²) in [5.41, 5.74) is -0.849. The lowest BCUT2D eigenvalue weighted by Gasteiger charge is -2.17.